The Bertz CT molecular complexity index is 527. The Hall–Kier alpha value is -1.69. The molecule has 0 saturated heterocycles. The van der Waals surface area contributed by atoms with Crippen molar-refractivity contribution in [2.24, 2.45) is 5.92 Å². The van der Waals surface area contributed by atoms with Crippen molar-refractivity contribution in [1.82, 2.24) is 4.98 Å². The minimum Gasteiger partial charge on any atom is -0.459 e. The van der Waals surface area contributed by atoms with Crippen molar-refractivity contribution in [1.29, 1.82) is 0 Å². The van der Waals surface area contributed by atoms with Crippen LogP contribution in [-0.4, -0.2) is 22.0 Å². The first kappa shape index (κ1) is 14.7. The summed E-state index contributed by atoms with van der Waals surface area (Å²) in [5.74, 6) is -0.0739. The lowest BCUT2D eigenvalue weighted by molar-refractivity contribution is -0.385. The van der Waals surface area contributed by atoms with Crippen LogP contribution < -0.4 is 0 Å². The van der Waals surface area contributed by atoms with Crippen molar-refractivity contribution in [2.75, 3.05) is 0 Å². The van der Waals surface area contributed by atoms with Gasteiger partial charge in [0.1, 0.15) is 23.0 Å². The molecule has 0 amide bonds. The van der Waals surface area contributed by atoms with Gasteiger partial charge in [0.15, 0.2) is 0 Å². The van der Waals surface area contributed by atoms with Gasteiger partial charge in [0.2, 0.25) is 0 Å². The van der Waals surface area contributed by atoms with E-state index in [0.717, 1.165) is 31.9 Å². The molecule has 0 aliphatic heterocycles. The monoisotopic (exact) mass is 298 g/mol. The normalized spacial score (nSPS) is 22.3. The topological polar surface area (TPSA) is 82.3 Å². The lowest BCUT2D eigenvalue weighted by Crippen LogP contribution is -2.24. The number of aromatic nitrogens is 1. The van der Waals surface area contributed by atoms with Gasteiger partial charge < -0.3 is 4.74 Å². The van der Waals surface area contributed by atoms with Gasteiger partial charge in [0, 0.05) is 0 Å². The Kier molecular flexibility index (Phi) is 4.54. The van der Waals surface area contributed by atoms with E-state index in [1.807, 2.05) is 0 Å². The Balaban J connectivity index is 2.12. The first-order valence-corrected chi connectivity index (χ1v) is 6.86. The van der Waals surface area contributed by atoms with Gasteiger partial charge in [-0.2, -0.15) is 0 Å². The molecule has 20 heavy (non-hydrogen) atoms. The Morgan fingerprint density at radius 3 is 2.70 bits per heavy atom. The summed E-state index contributed by atoms with van der Waals surface area (Å²) in [6, 6.07) is 1.17. The number of rotatable bonds is 3. The first-order chi connectivity index (χ1) is 9.47. The van der Waals surface area contributed by atoms with E-state index < -0.39 is 10.9 Å². The highest BCUT2D eigenvalue weighted by atomic mass is 35.5. The highest BCUT2D eigenvalue weighted by molar-refractivity contribution is 6.29. The minimum atomic E-state index is -0.708. The van der Waals surface area contributed by atoms with Crippen LogP contribution in [0.4, 0.5) is 5.69 Å². The molecule has 1 aromatic heterocycles. The molecule has 1 aliphatic rings. The molecular formula is C13H15ClN2O4. The predicted molar refractivity (Wildman–Crippen MR) is 72.7 cm³/mol. The van der Waals surface area contributed by atoms with Gasteiger partial charge in [0.05, 0.1) is 4.92 Å². The maximum Gasteiger partial charge on any atom is 0.345 e. The molecule has 1 aliphatic carbocycles. The van der Waals surface area contributed by atoms with Gasteiger partial charge in [-0.25, -0.2) is 9.78 Å². The lowest BCUT2D eigenvalue weighted by atomic mass is 9.89. The van der Waals surface area contributed by atoms with Gasteiger partial charge >= 0.3 is 11.7 Å². The second-order valence-corrected chi connectivity index (χ2v) is 5.46. The number of hydrogen-bond donors (Lipinski definition) is 0. The van der Waals surface area contributed by atoms with Crippen molar-refractivity contribution in [3.05, 3.63) is 33.1 Å². The van der Waals surface area contributed by atoms with E-state index in [2.05, 4.69) is 11.9 Å². The van der Waals surface area contributed by atoms with Gasteiger partial charge in [-0.3, -0.25) is 10.1 Å². The van der Waals surface area contributed by atoms with E-state index in [-0.39, 0.29) is 22.5 Å². The highest BCUT2D eigenvalue weighted by Gasteiger charge is 2.27. The van der Waals surface area contributed by atoms with Crippen molar-refractivity contribution < 1.29 is 14.5 Å². The second kappa shape index (κ2) is 6.17. The summed E-state index contributed by atoms with van der Waals surface area (Å²) in [7, 11) is 0. The molecule has 0 bridgehead atoms. The number of ether oxygens (including phenoxy) is 1. The summed E-state index contributed by atoms with van der Waals surface area (Å²) in [5, 5.41) is 10.9. The number of esters is 1. The zero-order valence-corrected chi connectivity index (χ0v) is 11.8. The van der Waals surface area contributed by atoms with Crippen LogP contribution in [0.5, 0.6) is 0 Å². The number of hydrogen-bond acceptors (Lipinski definition) is 5. The SMILES string of the molecule is CC1CCC(OC(=O)c2cc(Cl)ncc2[N+](=O)[O-])CC1. The molecule has 0 atom stereocenters. The third-order valence-electron chi connectivity index (χ3n) is 3.50. The fourth-order valence-electron chi connectivity index (χ4n) is 2.29. The second-order valence-electron chi connectivity index (χ2n) is 5.07. The zero-order valence-electron chi connectivity index (χ0n) is 11.0. The zero-order chi connectivity index (χ0) is 14.7. The van der Waals surface area contributed by atoms with Crippen molar-refractivity contribution in [3.63, 3.8) is 0 Å². The van der Waals surface area contributed by atoms with Gasteiger partial charge in [-0.15, -0.1) is 0 Å². The quantitative estimate of drug-likeness (QED) is 0.370. The Morgan fingerprint density at radius 1 is 1.45 bits per heavy atom. The number of nitro groups is 1. The molecule has 1 fully saturated rings. The van der Waals surface area contributed by atoms with Crippen LogP contribution in [0.2, 0.25) is 5.15 Å². The molecule has 0 N–H and O–H groups in total. The summed E-state index contributed by atoms with van der Waals surface area (Å²) in [5.41, 5.74) is -0.530. The van der Waals surface area contributed by atoms with Gasteiger partial charge in [-0.05, 0) is 37.7 Å². The van der Waals surface area contributed by atoms with E-state index in [1.165, 1.54) is 6.07 Å². The van der Waals surface area contributed by atoms with Crippen LogP contribution in [0.3, 0.4) is 0 Å². The maximum absolute atomic E-state index is 12.1. The number of carbonyl (C=O) groups is 1. The summed E-state index contributed by atoms with van der Waals surface area (Å²) in [6.45, 7) is 2.16. The summed E-state index contributed by atoms with van der Waals surface area (Å²) < 4.78 is 5.34. The molecular weight excluding hydrogens is 284 g/mol. The van der Waals surface area contributed by atoms with Crippen molar-refractivity contribution in [2.45, 2.75) is 38.7 Å². The average Bonchev–Trinajstić information content (AvgIpc) is 2.41. The molecule has 1 aromatic rings. The summed E-state index contributed by atoms with van der Waals surface area (Å²) in [6.07, 6.45) is 4.38. The fraction of sp³-hybridized carbons (Fsp3) is 0.538. The van der Waals surface area contributed by atoms with Crippen LogP contribution in [-0.2, 0) is 4.74 Å². The van der Waals surface area contributed by atoms with Crippen LogP contribution in [0, 0.1) is 16.0 Å². The molecule has 0 radical (unpaired) electrons. The average molecular weight is 299 g/mol. The van der Waals surface area contributed by atoms with Gasteiger partial charge in [0.25, 0.3) is 0 Å². The molecule has 7 heteroatoms. The third-order valence-corrected chi connectivity index (χ3v) is 3.71. The fourth-order valence-corrected chi connectivity index (χ4v) is 2.45. The van der Waals surface area contributed by atoms with Crippen LogP contribution >= 0.6 is 11.6 Å². The standard InChI is InChI=1S/C13H15ClN2O4/c1-8-2-4-9(5-3-8)20-13(17)10-6-12(14)15-7-11(10)16(18)19/h6-9H,2-5H2,1H3. The summed E-state index contributed by atoms with van der Waals surface area (Å²) >= 11 is 5.69. The third kappa shape index (κ3) is 3.45. The predicted octanol–water partition coefficient (Wildman–Crippen LogP) is 3.38. The number of halogens is 1. The largest absolute Gasteiger partial charge is 0.459 e. The number of pyridine rings is 1. The number of carbonyl (C=O) groups excluding carboxylic acids is 1. The van der Waals surface area contributed by atoms with E-state index in [4.69, 9.17) is 16.3 Å². The Labute approximate surface area is 121 Å². The van der Waals surface area contributed by atoms with E-state index in [0.29, 0.717) is 5.92 Å². The molecule has 0 unspecified atom stereocenters. The minimum absolute atomic E-state index is 0.0276. The lowest BCUT2D eigenvalue weighted by Gasteiger charge is -2.25. The molecule has 1 heterocycles. The molecule has 1 saturated carbocycles. The number of nitrogens with zero attached hydrogens (tertiary/aromatic N) is 2. The Morgan fingerprint density at radius 2 is 2.10 bits per heavy atom. The molecule has 6 nitrogen and oxygen atoms in total. The van der Waals surface area contributed by atoms with Crippen LogP contribution in [0.1, 0.15) is 43.0 Å². The smallest absolute Gasteiger partial charge is 0.345 e. The molecule has 2 rings (SSSR count). The molecule has 0 spiro atoms. The van der Waals surface area contributed by atoms with Crippen LogP contribution in [0.15, 0.2) is 12.3 Å². The van der Waals surface area contributed by atoms with E-state index in [9.17, 15) is 14.9 Å². The van der Waals surface area contributed by atoms with E-state index >= 15 is 0 Å². The highest BCUT2D eigenvalue weighted by Crippen LogP contribution is 2.28. The van der Waals surface area contributed by atoms with Crippen molar-refractivity contribution in [3.8, 4) is 0 Å². The molecule has 0 aromatic carbocycles. The maximum atomic E-state index is 12.1. The van der Waals surface area contributed by atoms with Crippen molar-refractivity contribution >= 4 is 23.3 Å². The van der Waals surface area contributed by atoms with Gasteiger partial charge in [-0.1, -0.05) is 18.5 Å². The molecule has 108 valence electrons. The van der Waals surface area contributed by atoms with E-state index in [1.54, 1.807) is 0 Å². The first-order valence-electron chi connectivity index (χ1n) is 6.48. The summed E-state index contributed by atoms with van der Waals surface area (Å²) in [4.78, 5) is 25.9. The van der Waals surface area contributed by atoms with Crippen LogP contribution in [0.25, 0.3) is 0 Å².